The highest BCUT2D eigenvalue weighted by atomic mass is 16.4. The summed E-state index contributed by atoms with van der Waals surface area (Å²) in [5.74, 6) is 0.977. The van der Waals surface area contributed by atoms with E-state index in [1.165, 1.54) is 5.56 Å². The van der Waals surface area contributed by atoms with Crippen molar-refractivity contribution >= 4 is 23.0 Å². The number of fused-ring (bicyclic) bond motifs is 1. The van der Waals surface area contributed by atoms with Crippen LogP contribution in [0.15, 0.2) is 88.4 Å². The Morgan fingerprint density at radius 1 is 0.912 bits per heavy atom. The molecule has 0 unspecified atom stereocenters. The molecule has 0 amide bonds. The molecule has 3 aromatic carbocycles. The molecule has 166 valence electrons. The van der Waals surface area contributed by atoms with Crippen LogP contribution in [0.3, 0.4) is 0 Å². The molecular formula is C30H25N3O. The predicted octanol–water partition coefficient (Wildman–Crippen LogP) is 7.83. The Balaban J connectivity index is 1.68. The monoisotopic (exact) mass is 443 g/mol. The normalized spacial score (nSPS) is 11.4. The first kappa shape index (κ1) is 21.5. The van der Waals surface area contributed by atoms with Crippen molar-refractivity contribution in [1.82, 2.24) is 4.57 Å². The molecule has 0 bridgehead atoms. The number of rotatable bonds is 5. The summed E-state index contributed by atoms with van der Waals surface area (Å²) >= 11 is 0. The topological polar surface area (TPSA) is 54.2 Å². The van der Waals surface area contributed by atoms with E-state index in [1.807, 2.05) is 67.6 Å². The lowest BCUT2D eigenvalue weighted by molar-refractivity contribution is 0.593. The van der Waals surface area contributed by atoms with Crippen molar-refractivity contribution < 1.29 is 4.42 Å². The SMILES string of the molecule is CCn1cc(C=Nc2oc(-c3ccc(C)cc3)c(-c3ccc(C)cc3)c2C#N)c2ccccc21. The van der Waals surface area contributed by atoms with Crippen molar-refractivity contribution in [2.75, 3.05) is 0 Å². The Bertz CT molecular complexity index is 1540. The minimum atomic E-state index is 0.321. The Morgan fingerprint density at radius 2 is 1.56 bits per heavy atom. The average Bonchev–Trinajstić information content (AvgIpc) is 3.41. The number of aliphatic imine (C=N–C) groups is 1. The van der Waals surface area contributed by atoms with Crippen molar-refractivity contribution in [2.45, 2.75) is 27.3 Å². The molecule has 5 aromatic rings. The summed E-state index contributed by atoms with van der Waals surface area (Å²) in [6.07, 6.45) is 3.89. The minimum absolute atomic E-state index is 0.321. The Labute approximate surface area is 199 Å². The molecular weight excluding hydrogens is 418 g/mol. The Morgan fingerprint density at radius 3 is 2.21 bits per heavy atom. The van der Waals surface area contributed by atoms with E-state index >= 15 is 0 Å². The van der Waals surface area contributed by atoms with E-state index in [9.17, 15) is 5.26 Å². The van der Waals surface area contributed by atoms with Crippen LogP contribution in [-0.2, 0) is 6.54 Å². The van der Waals surface area contributed by atoms with E-state index in [-0.39, 0.29) is 0 Å². The van der Waals surface area contributed by atoms with Crippen molar-refractivity contribution in [3.63, 3.8) is 0 Å². The predicted molar refractivity (Wildman–Crippen MR) is 139 cm³/mol. The summed E-state index contributed by atoms with van der Waals surface area (Å²) in [4.78, 5) is 4.68. The molecule has 0 N–H and O–H groups in total. The van der Waals surface area contributed by atoms with Crippen molar-refractivity contribution in [3.8, 4) is 28.5 Å². The van der Waals surface area contributed by atoms with Gasteiger partial charge >= 0.3 is 0 Å². The second kappa shape index (κ2) is 8.88. The number of hydrogen-bond donors (Lipinski definition) is 0. The summed E-state index contributed by atoms with van der Waals surface area (Å²) in [5, 5.41) is 11.3. The maximum atomic E-state index is 10.1. The molecule has 0 aliphatic rings. The molecule has 0 spiro atoms. The van der Waals surface area contributed by atoms with E-state index in [4.69, 9.17) is 4.42 Å². The minimum Gasteiger partial charge on any atom is -0.436 e. The van der Waals surface area contributed by atoms with Gasteiger partial charge in [-0.15, -0.1) is 0 Å². The summed E-state index contributed by atoms with van der Waals surface area (Å²) in [7, 11) is 0. The zero-order valence-electron chi connectivity index (χ0n) is 19.5. The Kier molecular flexibility index (Phi) is 5.61. The molecule has 4 heteroatoms. The largest absolute Gasteiger partial charge is 0.436 e. The van der Waals surface area contributed by atoms with Gasteiger partial charge in [0.05, 0.1) is 0 Å². The third-order valence-corrected chi connectivity index (χ3v) is 6.14. The summed E-state index contributed by atoms with van der Waals surface area (Å²) < 4.78 is 8.48. The molecule has 0 aliphatic carbocycles. The molecule has 0 radical (unpaired) electrons. The van der Waals surface area contributed by atoms with Gasteiger partial charge in [0.1, 0.15) is 17.4 Å². The van der Waals surface area contributed by atoms with Crippen LogP contribution in [-0.4, -0.2) is 10.8 Å². The van der Waals surface area contributed by atoms with Crippen LogP contribution in [0.1, 0.15) is 29.2 Å². The van der Waals surface area contributed by atoms with E-state index in [1.54, 1.807) is 6.21 Å². The third-order valence-electron chi connectivity index (χ3n) is 6.14. The summed E-state index contributed by atoms with van der Waals surface area (Å²) in [6.45, 7) is 7.09. The molecule has 0 aliphatic heterocycles. The molecule has 4 nitrogen and oxygen atoms in total. The van der Waals surface area contributed by atoms with Crippen LogP contribution < -0.4 is 0 Å². The highest BCUT2D eigenvalue weighted by Crippen LogP contribution is 2.42. The van der Waals surface area contributed by atoms with Crippen LogP contribution in [0.5, 0.6) is 0 Å². The first-order chi connectivity index (χ1) is 16.6. The number of nitrogens with zero attached hydrogens (tertiary/aromatic N) is 3. The fourth-order valence-electron chi connectivity index (χ4n) is 4.29. The number of furan rings is 1. The van der Waals surface area contributed by atoms with Gasteiger partial charge in [0.2, 0.25) is 5.88 Å². The molecule has 5 rings (SSSR count). The quantitative estimate of drug-likeness (QED) is 0.260. The number of aromatic nitrogens is 1. The lowest BCUT2D eigenvalue weighted by Gasteiger charge is -2.05. The molecule has 0 saturated carbocycles. The molecule has 2 heterocycles. The van der Waals surface area contributed by atoms with Gasteiger partial charge in [-0.05, 0) is 32.4 Å². The van der Waals surface area contributed by atoms with Gasteiger partial charge in [-0.3, -0.25) is 0 Å². The highest BCUT2D eigenvalue weighted by Gasteiger charge is 2.23. The van der Waals surface area contributed by atoms with Crippen molar-refractivity contribution in [3.05, 3.63) is 101 Å². The maximum absolute atomic E-state index is 10.1. The zero-order chi connectivity index (χ0) is 23.7. The van der Waals surface area contributed by atoms with Crippen LogP contribution in [0.2, 0.25) is 0 Å². The molecule has 0 atom stereocenters. The number of hydrogen-bond acceptors (Lipinski definition) is 3. The van der Waals surface area contributed by atoms with Crippen LogP contribution in [0.4, 0.5) is 5.88 Å². The second-order valence-corrected chi connectivity index (χ2v) is 8.48. The van der Waals surface area contributed by atoms with E-state index in [0.717, 1.165) is 45.3 Å². The van der Waals surface area contributed by atoms with Crippen LogP contribution >= 0.6 is 0 Å². The third kappa shape index (κ3) is 3.82. The van der Waals surface area contributed by atoms with E-state index < -0.39 is 0 Å². The molecule has 2 aromatic heterocycles. The summed E-state index contributed by atoms with van der Waals surface area (Å²) in [6, 6.07) is 26.9. The lowest BCUT2D eigenvalue weighted by atomic mass is 9.97. The zero-order valence-corrected chi connectivity index (χ0v) is 19.5. The number of nitriles is 1. The number of aryl methyl sites for hydroxylation is 3. The van der Waals surface area contributed by atoms with Gasteiger partial charge < -0.3 is 8.98 Å². The van der Waals surface area contributed by atoms with Crippen LogP contribution in [0.25, 0.3) is 33.4 Å². The van der Waals surface area contributed by atoms with Gasteiger partial charge in [-0.25, -0.2) is 4.99 Å². The smallest absolute Gasteiger partial charge is 0.238 e. The molecule has 34 heavy (non-hydrogen) atoms. The van der Waals surface area contributed by atoms with Crippen LogP contribution in [0, 0.1) is 25.2 Å². The number of para-hydroxylation sites is 1. The van der Waals surface area contributed by atoms with Crippen molar-refractivity contribution in [2.24, 2.45) is 4.99 Å². The maximum Gasteiger partial charge on any atom is 0.238 e. The molecule has 0 fully saturated rings. The first-order valence-electron chi connectivity index (χ1n) is 11.4. The number of benzene rings is 3. The Hall–Kier alpha value is -4.36. The fourth-order valence-corrected chi connectivity index (χ4v) is 4.29. The van der Waals surface area contributed by atoms with Gasteiger partial charge in [0.25, 0.3) is 0 Å². The average molecular weight is 444 g/mol. The standard InChI is InChI=1S/C30H25N3O/c1-4-33-19-24(25-7-5-6-8-27(25)33)18-32-30-26(17-31)28(22-13-9-20(2)10-14-22)29(34-30)23-15-11-21(3)12-16-23/h5-16,18-19H,4H2,1-3H3. The van der Waals surface area contributed by atoms with E-state index in [2.05, 4.69) is 47.8 Å². The lowest BCUT2D eigenvalue weighted by Crippen LogP contribution is -1.89. The van der Waals surface area contributed by atoms with Gasteiger partial charge in [0.15, 0.2) is 0 Å². The van der Waals surface area contributed by atoms with Gasteiger partial charge in [0, 0.05) is 46.5 Å². The van der Waals surface area contributed by atoms with Crippen molar-refractivity contribution in [1.29, 1.82) is 5.26 Å². The second-order valence-electron chi connectivity index (χ2n) is 8.48. The van der Waals surface area contributed by atoms with E-state index in [0.29, 0.717) is 17.2 Å². The molecule has 0 saturated heterocycles. The highest BCUT2D eigenvalue weighted by molar-refractivity contribution is 6.00. The van der Waals surface area contributed by atoms with Gasteiger partial charge in [-0.1, -0.05) is 77.9 Å². The van der Waals surface area contributed by atoms with Gasteiger partial charge in [-0.2, -0.15) is 5.26 Å². The first-order valence-corrected chi connectivity index (χ1v) is 11.4. The fraction of sp³-hybridized carbons (Fsp3) is 0.133. The summed E-state index contributed by atoms with van der Waals surface area (Å²) in [5.41, 5.74) is 7.54.